The first-order valence-electron chi connectivity index (χ1n) is 11.6. The third-order valence-electron chi connectivity index (χ3n) is 6.53. The van der Waals surface area contributed by atoms with E-state index in [1.54, 1.807) is 0 Å². The Bertz CT molecular complexity index is 906. The Hall–Kier alpha value is -2.67. The summed E-state index contributed by atoms with van der Waals surface area (Å²) in [5, 5.41) is 0. The minimum Gasteiger partial charge on any atom is -0.378 e. The van der Waals surface area contributed by atoms with E-state index in [2.05, 4.69) is 17.0 Å². The number of amides is 2. The number of hydrogen-bond donors (Lipinski definition) is 0. The fourth-order valence-corrected chi connectivity index (χ4v) is 4.77. The molecule has 5 rings (SSSR count). The second-order valence-electron chi connectivity index (χ2n) is 8.62. The van der Waals surface area contributed by atoms with Crippen LogP contribution in [-0.4, -0.2) is 71.7 Å². The van der Waals surface area contributed by atoms with Gasteiger partial charge in [-0.15, -0.1) is 0 Å². The second-order valence-corrected chi connectivity index (χ2v) is 8.62. The molecule has 2 aromatic rings. The Morgan fingerprint density at radius 3 is 2.32 bits per heavy atom. The standard InChI is InChI=1S/C24H31N5O2/c30-24(28-14-16-31-17-15-28)29-13-10-21-20(18-29)23(27-11-6-1-2-7-12-27)26-22(25-21)19-8-4-3-5-9-19/h3-5,8-9H,1-2,6-7,10-18H2. The van der Waals surface area contributed by atoms with Crippen LogP contribution in [0.3, 0.4) is 0 Å². The van der Waals surface area contributed by atoms with Gasteiger partial charge in [0.1, 0.15) is 5.82 Å². The van der Waals surface area contributed by atoms with Gasteiger partial charge in [0.25, 0.3) is 0 Å². The number of urea groups is 1. The van der Waals surface area contributed by atoms with Crippen LogP contribution in [0.25, 0.3) is 11.4 Å². The number of nitrogens with zero attached hydrogens (tertiary/aromatic N) is 5. The maximum Gasteiger partial charge on any atom is 0.320 e. The highest BCUT2D eigenvalue weighted by Gasteiger charge is 2.30. The Morgan fingerprint density at radius 1 is 0.839 bits per heavy atom. The van der Waals surface area contributed by atoms with Crippen LogP contribution in [0.4, 0.5) is 10.6 Å². The highest BCUT2D eigenvalue weighted by Crippen LogP contribution is 2.31. The molecule has 31 heavy (non-hydrogen) atoms. The van der Waals surface area contributed by atoms with Crippen molar-refractivity contribution >= 4 is 11.8 Å². The van der Waals surface area contributed by atoms with Crippen LogP contribution in [-0.2, 0) is 17.7 Å². The predicted octanol–water partition coefficient (Wildman–Crippen LogP) is 3.33. The highest BCUT2D eigenvalue weighted by atomic mass is 16.5. The number of carbonyl (C=O) groups excluding carboxylic acids is 1. The van der Waals surface area contributed by atoms with Crippen LogP contribution in [0.5, 0.6) is 0 Å². The van der Waals surface area contributed by atoms with E-state index in [1.165, 1.54) is 25.7 Å². The van der Waals surface area contributed by atoms with Gasteiger partial charge in [0.15, 0.2) is 5.82 Å². The van der Waals surface area contributed by atoms with Crippen molar-refractivity contribution in [3.05, 3.63) is 41.6 Å². The van der Waals surface area contributed by atoms with Crippen LogP contribution in [0, 0.1) is 0 Å². The first kappa shape index (κ1) is 20.2. The lowest BCUT2D eigenvalue weighted by atomic mass is 10.0. The summed E-state index contributed by atoms with van der Waals surface area (Å²) in [6.07, 6.45) is 5.70. The first-order valence-corrected chi connectivity index (χ1v) is 11.6. The van der Waals surface area contributed by atoms with Crippen molar-refractivity contribution in [2.75, 3.05) is 50.8 Å². The van der Waals surface area contributed by atoms with Gasteiger partial charge in [-0.3, -0.25) is 0 Å². The molecule has 2 amide bonds. The maximum atomic E-state index is 13.1. The fraction of sp³-hybridized carbons (Fsp3) is 0.542. The zero-order valence-electron chi connectivity index (χ0n) is 18.1. The summed E-state index contributed by atoms with van der Waals surface area (Å²) in [6, 6.07) is 10.4. The zero-order chi connectivity index (χ0) is 21.0. The van der Waals surface area contributed by atoms with E-state index in [4.69, 9.17) is 14.7 Å². The number of anilines is 1. The Kier molecular flexibility index (Phi) is 6.02. The van der Waals surface area contributed by atoms with E-state index in [0.29, 0.717) is 39.4 Å². The molecule has 1 aromatic heterocycles. The van der Waals surface area contributed by atoms with Gasteiger partial charge in [0.2, 0.25) is 0 Å². The predicted molar refractivity (Wildman–Crippen MR) is 120 cm³/mol. The van der Waals surface area contributed by atoms with E-state index in [0.717, 1.165) is 48.0 Å². The molecule has 0 saturated carbocycles. The van der Waals surface area contributed by atoms with Crippen LogP contribution >= 0.6 is 0 Å². The SMILES string of the molecule is O=C(N1CCOCC1)N1CCc2nc(-c3ccccc3)nc(N3CCCCCC3)c2C1. The molecule has 0 atom stereocenters. The molecule has 7 nitrogen and oxygen atoms in total. The molecule has 3 aliphatic heterocycles. The largest absolute Gasteiger partial charge is 0.378 e. The zero-order valence-corrected chi connectivity index (χ0v) is 18.1. The number of carbonyl (C=O) groups is 1. The molecule has 7 heteroatoms. The number of aromatic nitrogens is 2. The molecule has 1 aromatic carbocycles. The summed E-state index contributed by atoms with van der Waals surface area (Å²) in [4.78, 5) is 29.5. The molecule has 3 aliphatic rings. The van der Waals surface area contributed by atoms with Gasteiger partial charge >= 0.3 is 6.03 Å². The lowest BCUT2D eigenvalue weighted by molar-refractivity contribution is 0.0421. The van der Waals surface area contributed by atoms with Gasteiger partial charge < -0.3 is 19.4 Å². The van der Waals surface area contributed by atoms with E-state index in [1.807, 2.05) is 28.0 Å². The topological polar surface area (TPSA) is 61.8 Å². The molecular formula is C24H31N5O2. The summed E-state index contributed by atoms with van der Waals surface area (Å²) in [7, 11) is 0. The molecule has 0 N–H and O–H groups in total. The van der Waals surface area contributed by atoms with Crippen molar-refractivity contribution in [2.24, 2.45) is 0 Å². The van der Waals surface area contributed by atoms with Crippen LogP contribution in [0.1, 0.15) is 36.9 Å². The number of hydrogen-bond acceptors (Lipinski definition) is 5. The van der Waals surface area contributed by atoms with Gasteiger partial charge in [-0.2, -0.15) is 0 Å². The monoisotopic (exact) mass is 421 g/mol. The minimum atomic E-state index is 0.114. The Morgan fingerprint density at radius 2 is 1.58 bits per heavy atom. The van der Waals surface area contributed by atoms with Gasteiger partial charge in [0.05, 0.1) is 25.5 Å². The average Bonchev–Trinajstić information content (AvgIpc) is 3.13. The van der Waals surface area contributed by atoms with E-state index in [9.17, 15) is 4.79 Å². The van der Waals surface area contributed by atoms with Crippen LogP contribution < -0.4 is 4.90 Å². The normalized spacial score (nSPS) is 19.7. The summed E-state index contributed by atoms with van der Waals surface area (Å²) < 4.78 is 5.42. The van der Waals surface area contributed by atoms with Gasteiger partial charge in [-0.25, -0.2) is 14.8 Å². The molecule has 0 unspecified atom stereocenters. The van der Waals surface area contributed by atoms with Crippen LogP contribution in [0.15, 0.2) is 30.3 Å². The molecule has 0 aliphatic carbocycles. The highest BCUT2D eigenvalue weighted by molar-refractivity contribution is 5.75. The van der Waals surface area contributed by atoms with Crippen LogP contribution in [0.2, 0.25) is 0 Å². The second kappa shape index (κ2) is 9.22. The summed E-state index contributed by atoms with van der Waals surface area (Å²) in [6.45, 7) is 5.93. The number of fused-ring (bicyclic) bond motifs is 1. The Balaban J connectivity index is 1.48. The van der Waals surface area contributed by atoms with Crippen molar-refractivity contribution in [1.82, 2.24) is 19.8 Å². The molecule has 2 fully saturated rings. The van der Waals surface area contributed by atoms with Gasteiger partial charge in [0, 0.05) is 50.3 Å². The average molecular weight is 422 g/mol. The third kappa shape index (κ3) is 4.37. The molecule has 2 saturated heterocycles. The van der Waals surface area contributed by atoms with Crippen molar-refractivity contribution in [3.63, 3.8) is 0 Å². The fourth-order valence-electron chi connectivity index (χ4n) is 4.77. The maximum absolute atomic E-state index is 13.1. The van der Waals surface area contributed by atoms with Crippen molar-refractivity contribution in [1.29, 1.82) is 0 Å². The van der Waals surface area contributed by atoms with Crippen molar-refractivity contribution in [3.8, 4) is 11.4 Å². The van der Waals surface area contributed by atoms with Gasteiger partial charge in [-0.05, 0) is 12.8 Å². The molecule has 164 valence electrons. The number of benzene rings is 1. The van der Waals surface area contributed by atoms with E-state index in [-0.39, 0.29) is 6.03 Å². The summed E-state index contributed by atoms with van der Waals surface area (Å²) in [5.74, 6) is 1.83. The minimum absolute atomic E-state index is 0.114. The number of morpholine rings is 1. The molecular weight excluding hydrogens is 390 g/mol. The first-order chi connectivity index (χ1) is 15.3. The molecule has 0 spiro atoms. The summed E-state index contributed by atoms with van der Waals surface area (Å²) >= 11 is 0. The Labute approximate surface area is 184 Å². The van der Waals surface area contributed by atoms with Crippen molar-refractivity contribution in [2.45, 2.75) is 38.6 Å². The molecule has 4 heterocycles. The van der Waals surface area contributed by atoms with E-state index < -0.39 is 0 Å². The third-order valence-corrected chi connectivity index (χ3v) is 6.53. The summed E-state index contributed by atoms with van der Waals surface area (Å²) in [5.41, 5.74) is 3.28. The molecule has 0 radical (unpaired) electrons. The number of ether oxygens (including phenoxy) is 1. The molecule has 0 bridgehead atoms. The van der Waals surface area contributed by atoms with Crippen molar-refractivity contribution < 1.29 is 9.53 Å². The van der Waals surface area contributed by atoms with Gasteiger partial charge in [-0.1, -0.05) is 43.2 Å². The lowest BCUT2D eigenvalue weighted by Gasteiger charge is -2.36. The smallest absolute Gasteiger partial charge is 0.320 e. The quantitative estimate of drug-likeness (QED) is 0.744. The number of rotatable bonds is 2. The lowest BCUT2D eigenvalue weighted by Crippen LogP contribution is -2.49. The van der Waals surface area contributed by atoms with E-state index >= 15 is 0 Å².